The summed E-state index contributed by atoms with van der Waals surface area (Å²) in [4.78, 5) is 18.9. The standard InChI is InChI=1S/C8H16O2.C2H4O2.K/c1-2-3-4-5-6-7-8(9)10;1-2(3)4;/h2-7H2,1H3,(H,9,10);1H3,(H,3,4);/q;;+1/p-1. The number of carbonyl (C=O) groups excluding carboxylic acids is 1. The molecule has 0 fully saturated rings. The Bertz CT molecular complexity index is 156. The first-order chi connectivity index (χ1) is 6.50. The molecule has 1 N–H and O–H groups in total. The van der Waals surface area contributed by atoms with E-state index in [0.29, 0.717) is 0 Å². The largest absolute Gasteiger partial charge is 1.00 e. The third-order valence-corrected chi connectivity index (χ3v) is 1.48. The first kappa shape index (κ1) is 20.9. The van der Waals surface area contributed by atoms with Crippen molar-refractivity contribution in [3.63, 3.8) is 0 Å². The van der Waals surface area contributed by atoms with Gasteiger partial charge in [-0.05, 0) is 12.8 Å². The molecule has 0 saturated heterocycles. The van der Waals surface area contributed by atoms with Crippen molar-refractivity contribution < 1.29 is 71.2 Å². The molecule has 5 heteroatoms. The number of rotatable bonds is 6. The summed E-state index contributed by atoms with van der Waals surface area (Å²) in [6.45, 7) is 3.22. The van der Waals surface area contributed by atoms with Gasteiger partial charge >= 0.3 is 51.4 Å². The minimum Gasteiger partial charge on any atom is -0.550 e. The number of unbranched alkanes of at least 4 members (excludes halogenated alkanes) is 4. The molecule has 0 aliphatic heterocycles. The molecule has 0 radical (unpaired) electrons. The third kappa shape index (κ3) is 40.2. The van der Waals surface area contributed by atoms with Gasteiger partial charge in [0.15, 0.2) is 0 Å². The molecule has 0 spiro atoms. The monoisotopic (exact) mass is 242 g/mol. The minimum absolute atomic E-state index is 0. The van der Waals surface area contributed by atoms with Gasteiger partial charge in [-0.3, -0.25) is 4.79 Å². The second-order valence-corrected chi connectivity index (χ2v) is 3.06. The Kier molecular flexibility index (Phi) is 23.7. The molecule has 0 aliphatic carbocycles. The zero-order valence-corrected chi connectivity index (χ0v) is 13.0. The first-order valence-corrected chi connectivity index (χ1v) is 4.90. The van der Waals surface area contributed by atoms with Gasteiger partial charge in [-0.2, -0.15) is 0 Å². The fraction of sp³-hybridized carbons (Fsp3) is 0.800. The van der Waals surface area contributed by atoms with E-state index in [2.05, 4.69) is 6.92 Å². The molecule has 0 rings (SSSR count). The Hall–Kier alpha value is 0.576. The molecular weight excluding hydrogens is 223 g/mol. The van der Waals surface area contributed by atoms with E-state index in [-0.39, 0.29) is 57.8 Å². The van der Waals surface area contributed by atoms with Crippen LogP contribution < -0.4 is 56.5 Å². The van der Waals surface area contributed by atoms with Crippen LogP contribution in [0.4, 0.5) is 0 Å². The molecule has 0 bridgehead atoms. The smallest absolute Gasteiger partial charge is 0.550 e. The van der Waals surface area contributed by atoms with Crippen LogP contribution in [-0.4, -0.2) is 17.0 Å². The molecule has 0 heterocycles. The maximum Gasteiger partial charge on any atom is 1.00 e. The van der Waals surface area contributed by atoms with Crippen molar-refractivity contribution in [2.45, 2.75) is 52.4 Å². The minimum atomic E-state index is -0.920. The van der Waals surface area contributed by atoms with Crippen LogP contribution in [0.3, 0.4) is 0 Å². The van der Waals surface area contributed by atoms with Crippen molar-refractivity contribution in [1.82, 2.24) is 0 Å². The normalized spacial score (nSPS) is 8.13. The van der Waals surface area contributed by atoms with Crippen LogP contribution in [-0.2, 0) is 9.59 Å². The summed E-state index contributed by atoms with van der Waals surface area (Å²) < 4.78 is 0. The Morgan fingerprint density at radius 2 is 1.53 bits per heavy atom. The summed E-state index contributed by atoms with van der Waals surface area (Å²) in [5.74, 6) is -1.75. The molecule has 4 nitrogen and oxygen atoms in total. The second-order valence-electron chi connectivity index (χ2n) is 3.06. The molecule has 0 unspecified atom stereocenters. The van der Waals surface area contributed by atoms with Gasteiger partial charge in [0.1, 0.15) is 0 Å². The molecule has 0 aliphatic rings. The van der Waals surface area contributed by atoms with Gasteiger partial charge in [0.25, 0.3) is 5.97 Å². The summed E-state index contributed by atoms with van der Waals surface area (Å²) in [6.07, 6.45) is 5.61. The zero-order valence-electron chi connectivity index (χ0n) is 9.91. The molecule has 0 aromatic rings. The van der Waals surface area contributed by atoms with Gasteiger partial charge in [0.2, 0.25) is 0 Å². The van der Waals surface area contributed by atoms with E-state index < -0.39 is 11.9 Å². The first-order valence-electron chi connectivity index (χ1n) is 4.90. The van der Waals surface area contributed by atoms with Crippen LogP contribution in [0, 0.1) is 0 Å². The molecule has 0 amide bonds. The van der Waals surface area contributed by atoms with Crippen molar-refractivity contribution >= 4 is 11.9 Å². The van der Waals surface area contributed by atoms with Gasteiger partial charge in [0, 0.05) is 12.9 Å². The maximum absolute atomic E-state index is 9.92. The van der Waals surface area contributed by atoms with Crippen molar-refractivity contribution in [2.75, 3.05) is 0 Å². The van der Waals surface area contributed by atoms with Crippen LogP contribution in [0.25, 0.3) is 0 Å². The zero-order chi connectivity index (χ0) is 11.4. The molecule has 84 valence electrons. The van der Waals surface area contributed by atoms with Crippen molar-refractivity contribution in [2.24, 2.45) is 0 Å². The number of aliphatic carboxylic acids is 2. The summed E-state index contributed by atoms with van der Waals surface area (Å²) in [5.41, 5.74) is 0. The van der Waals surface area contributed by atoms with Crippen LogP contribution in [0.15, 0.2) is 0 Å². The van der Waals surface area contributed by atoms with E-state index in [1.165, 1.54) is 12.8 Å². The Balaban J connectivity index is -0.000000249. The van der Waals surface area contributed by atoms with Gasteiger partial charge in [-0.15, -0.1) is 0 Å². The second kappa shape index (κ2) is 17.0. The van der Waals surface area contributed by atoms with Crippen molar-refractivity contribution in [1.29, 1.82) is 0 Å². The van der Waals surface area contributed by atoms with E-state index in [1.54, 1.807) is 0 Å². The van der Waals surface area contributed by atoms with Gasteiger partial charge in [-0.1, -0.05) is 32.6 Å². The summed E-state index contributed by atoms with van der Waals surface area (Å²) in [7, 11) is 0. The average Bonchev–Trinajstić information content (AvgIpc) is 2.02. The summed E-state index contributed by atoms with van der Waals surface area (Å²) in [5, 5.41) is 17.3. The molecular formula is C10H19KO4. The Labute approximate surface area is 134 Å². The van der Waals surface area contributed by atoms with Crippen LogP contribution in [0.5, 0.6) is 0 Å². The number of carboxylic acids is 2. The van der Waals surface area contributed by atoms with Crippen molar-refractivity contribution in [3.8, 4) is 0 Å². The summed E-state index contributed by atoms with van der Waals surface area (Å²) >= 11 is 0. The Morgan fingerprint density at radius 3 is 1.87 bits per heavy atom. The third-order valence-electron chi connectivity index (χ3n) is 1.48. The van der Waals surface area contributed by atoms with E-state index in [4.69, 9.17) is 9.90 Å². The quantitative estimate of drug-likeness (QED) is 0.440. The number of carbonyl (C=O) groups is 2. The van der Waals surface area contributed by atoms with Gasteiger partial charge < -0.3 is 15.0 Å². The van der Waals surface area contributed by atoms with Crippen molar-refractivity contribution in [3.05, 3.63) is 0 Å². The van der Waals surface area contributed by atoms with E-state index in [0.717, 1.165) is 26.2 Å². The molecule has 0 aromatic carbocycles. The molecule has 15 heavy (non-hydrogen) atoms. The van der Waals surface area contributed by atoms with E-state index in [9.17, 15) is 9.90 Å². The maximum atomic E-state index is 9.92. The topological polar surface area (TPSA) is 77.4 Å². The van der Waals surface area contributed by atoms with Crippen LogP contribution in [0.1, 0.15) is 52.4 Å². The predicted octanol–water partition coefficient (Wildman–Crippen LogP) is -1.81. The SMILES string of the molecule is CC(=O)O.CCCCCCCC(=O)[O-].[K+]. The number of hydrogen-bond acceptors (Lipinski definition) is 3. The molecule has 0 saturated carbocycles. The predicted molar refractivity (Wildman–Crippen MR) is 51.7 cm³/mol. The number of carboxylic acid groups (broad SMARTS) is 2. The van der Waals surface area contributed by atoms with E-state index >= 15 is 0 Å². The van der Waals surface area contributed by atoms with Gasteiger partial charge in [-0.25, -0.2) is 0 Å². The van der Waals surface area contributed by atoms with Gasteiger partial charge in [0.05, 0.1) is 0 Å². The van der Waals surface area contributed by atoms with Crippen LogP contribution >= 0.6 is 0 Å². The number of hydrogen-bond donors (Lipinski definition) is 1. The average molecular weight is 242 g/mol. The molecule has 0 atom stereocenters. The summed E-state index contributed by atoms with van der Waals surface area (Å²) in [6, 6.07) is 0. The van der Waals surface area contributed by atoms with E-state index in [1.807, 2.05) is 0 Å². The fourth-order valence-corrected chi connectivity index (χ4v) is 0.873. The van der Waals surface area contributed by atoms with Crippen LogP contribution in [0.2, 0.25) is 0 Å². The Morgan fingerprint density at radius 1 is 1.13 bits per heavy atom. The fourth-order valence-electron chi connectivity index (χ4n) is 0.873. The molecule has 0 aromatic heterocycles.